The van der Waals surface area contributed by atoms with Crippen LogP contribution in [0.2, 0.25) is 0 Å². The van der Waals surface area contributed by atoms with Gasteiger partial charge in [0.05, 0.1) is 12.2 Å². The molecule has 0 saturated heterocycles. The Hall–Kier alpha value is -1.35. The molecule has 0 amide bonds. The van der Waals surface area contributed by atoms with E-state index in [2.05, 4.69) is 64.1 Å². The van der Waals surface area contributed by atoms with Gasteiger partial charge in [-0.3, -0.25) is 4.99 Å². The first-order chi connectivity index (χ1) is 11.5. The molecule has 1 heterocycles. The minimum atomic E-state index is 0. The fourth-order valence-electron chi connectivity index (χ4n) is 2.34. The lowest BCUT2D eigenvalue weighted by Crippen LogP contribution is -2.43. The molecule has 0 aliphatic carbocycles. The van der Waals surface area contributed by atoms with E-state index in [4.69, 9.17) is 0 Å². The molecule has 0 radical (unpaired) electrons. The van der Waals surface area contributed by atoms with Gasteiger partial charge < -0.3 is 15.5 Å². The lowest BCUT2D eigenvalue weighted by molar-refractivity contribution is 0.550. The summed E-state index contributed by atoms with van der Waals surface area (Å²) in [6, 6.07) is 10.8. The standard InChI is InChI=1S/C18H27N5S.HI/c1-13(15-9-7-6-8-10-15)14(2)21-17(19-3)20-11-16-12-24-18(22-16)23(4)5;/h6-10,12-14H,11H2,1-5H3,(H2,19,20,21);1H. The second-order valence-corrected chi connectivity index (χ2v) is 6.91. The Kier molecular flexibility index (Phi) is 9.20. The highest BCUT2D eigenvalue weighted by Gasteiger charge is 2.15. The molecule has 0 aliphatic rings. The third kappa shape index (κ3) is 6.47. The Bertz CT molecular complexity index is 656. The third-order valence-corrected chi connectivity index (χ3v) is 5.08. The average Bonchev–Trinajstić information content (AvgIpc) is 3.07. The first-order valence-corrected chi connectivity index (χ1v) is 9.03. The normalized spacial score (nSPS) is 13.6. The number of aromatic nitrogens is 1. The van der Waals surface area contributed by atoms with E-state index in [9.17, 15) is 0 Å². The zero-order chi connectivity index (χ0) is 17.5. The van der Waals surface area contributed by atoms with Crippen molar-refractivity contribution in [2.45, 2.75) is 32.4 Å². The maximum absolute atomic E-state index is 4.58. The van der Waals surface area contributed by atoms with Gasteiger partial charge in [0.1, 0.15) is 0 Å². The molecular formula is C18H28IN5S. The largest absolute Gasteiger partial charge is 0.354 e. The van der Waals surface area contributed by atoms with Crippen molar-refractivity contribution in [3.8, 4) is 0 Å². The minimum Gasteiger partial charge on any atom is -0.354 e. The van der Waals surface area contributed by atoms with Gasteiger partial charge in [-0.15, -0.1) is 35.3 Å². The summed E-state index contributed by atoms with van der Waals surface area (Å²) in [7, 11) is 5.80. The van der Waals surface area contributed by atoms with Crippen molar-refractivity contribution in [3.63, 3.8) is 0 Å². The zero-order valence-electron chi connectivity index (χ0n) is 15.5. The maximum Gasteiger partial charge on any atom is 0.191 e. The summed E-state index contributed by atoms with van der Waals surface area (Å²) in [6.07, 6.45) is 0. The topological polar surface area (TPSA) is 52.6 Å². The molecule has 1 aromatic carbocycles. The number of nitrogens with zero attached hydrogens (tertiary/aromatic N) is 3. The first-order valence-electron chi connectivity index (χ1n) is 8.15. The lowest BCUT2D eigenvalue weighted by atomic mass is 9.94. The van der Waals surface area contributed by atoms with E-state index >= 15 is 0 Å². The predicted molar refractivity (Wildman–Crippen MR) is 120 cm³/mol. The van der Waals surface area contributed by atoms with E-state index < -0.39 is 0 Å². The molecule has 0 bridgehead atoms. The molecule has 2 N–H and O–H groups in total. The Morgan fingerprint density at radius 2 is 1.92 bits per heavy atom. The number of rotatable bonds is 6. The number of anilines is 1. The summed E-state index contributed by atoms with van der Waals surface area (Å²) in [5.41, 5.74) is 2.35. The minimum absolute atomic E-state index is 0. The fraction of sp³-hybridized carbons (Fsp3) is 0.444. The summed E-state index contributed by atoms with van der Waals surface area (Å²) in [5.74, 6) is 1.19. The monoisotopic (exact) mass is 473 g/mol. The van der Waals surface area contributed by atoms with Gasteiger partial charge in [0.15, 0.2) is 11.1 Å². The van der Waals surface area contributed by atoms with Crippen LogP contribution in [0.3, 0.4) is 0 Å². The van der Waals surface area contributed by atoms with Gasteiger partial charge >= 0.3 is 0 Å². The van der Waals surface area contributed by atoms with Crippen LogP contribution >= 0.6 is 35.3 Å². The number of halogens is 1. The second kappa shape index (κ2) is 10.6. The Labute approximate surface area is 172 Å². The molecule has 0 spiro atoms. The van der Waals surface area contributed by atoms with E-state index in [0.29, 0.717) is 12.5 Å². The number of hydrogen-bond acceptors (Lipinski definition) is 4. The number of aliphatic imine (C=N–C) groups is 1. The van der Waals surface area contributed by atoms with Crippen LogP contribution in [0.4, 0.5) is 5.13 Å². The van der Waals surface area contributed by atoms with Crippen molar-refractivity contribution in [2.24, 2.45) is 4.99 Å². The maximum atomic E-state index is 4.58. The zero-order valence-corrected chi connectivity index (χ0v) is 18.6. The molecule has 5 nitrogen and oxygen atoms in total. The predicted octanol–water partition coefficient (Wildman–Crippen LogP) is 3.68. The van der Waals surface area contributed by atoms with Gasteiger partial charge in [-0.2, -0.15) is 0 Å². The molecule has 2 unspecified atom stereocenters. The van der Waals surface area contributed by atoms with Crippen molar-refractivity contribution in [3.05, 3.63) is 47.0 Å². The number of nitrogens with one attached hydrogen (secondary N) is 2. The molecule has 138 valence electrons. The first kappa shape index (κ1) is 21.7. The smallest absolute Gasteiger partial charge is 0.191 e. The van der Waals surface area contributed by atoms with Crippen LogP contribution in [0.15, 0.2) is 40.7 Å². The van der Waals surface area contributed by atoms with Gasteiger partial charge in [-0.05, 0) is 12.5 Å². The highest BCUT2D eigenvalue weighted by atomic mass is 127. The third-order valence-electron chi connectivity index (χ3n) is 4.02. The number of hydrogen-bond donors (Lipinski definition) is 2. The Morgan fingerprint density at radius 1 is 1.24 bits per heavy atom. The van der Waals surface area contributed by atoms with E-state index in [0.717, 1.165) is 16.8 Å². The van der Waals surface area contributed by atoms with Gasteiger partial charge in [-0.1, -0.05) is 37.3 Å². The van der Waals surface area contributed by atoms with Crippen molar-refractivity contribution in [1.29, 1.82) is 0 Å². The second-order valence-electron chi connectivity index (χ2n) is 6.07. The van der Waals surface area contributed by atoms with Gasteiger partial charge in [0, 0.05) is 38.5 Å². The molecule has 0 fully saturated rings. The average molecular weight is 473 g/mol. The Balaban J connectivity index is 0.00000312. The van der Waals surface area contributed by atoms with E-state index in [1.807, 2.05) is 25.1 Å². The number of thiazole rings is 1. The quantitative estimate of drug-likeness (QED) is 0.382. The summed E-state index contributed by atoms with van der Waals surface area (Å²) < 4.78 is 0. The summed E-state index contributed by atoms with van der Waals surface area (Å²) in [4.78, 5) is 10.9. The van der Waals surface area contributed by atoms with E-state index in [-0.39, 0.29) is 30.0 Å². The van der Waals surface area contributed by atoms with Crippen LogP contribution in [0.5, 0.6) is 0 Å². The van der Waals surface area contributed by atoms with Crippen molar-refractivity contribution in [2.75, 3.05) is 26.0 Å². The van der Waals surface area contributed by atoms with E-state index in [1.165, 1.54) is 5.56 Å². The molecule has 0 saturated carbocycles. The molecule has 7 heteroatoms. The number of benzene rings is 1. The molecule has 2 aromatic rings. The molecule has 2 atom stereocenters. The van der Waals surface area contributed by atoms with Gasteiger partial charge in [0.25, 0.3) is 0 Å². The summed E-state index contributed by atoms with van der Waals surface area (Å²) in [6.45, 7) is 5.07. The Morgan fingerprint density at radius 3 is 2.48 bits per heavy atom. The molecule has 25 heavy (non-hydrogen) atoms. The number of guanidine groups is 1. The van der Waals surface area contributed by atoms with Crippen LogP contribution in [0.1, 0.15) is 31.0 Å². The molecular weight excluding hydrogens is 445 g/mol. The SMILES string of the molecule is CN=C(NCc1csc(N(C)C)n1)NC(C)C(C)c1ccccc1.I. The highest BCUT2D eigenvalue weighted by Crippen LogP contribution is 2.19. The van der Waals surface area contributed by atoms with Crippen molar-refractivity contribution in [1.82, 2.24) is 15.6 Å². The van der Waals surface area contributed by atoms with Gasteiger partial charge in [0.2, 0.25) is 0 Å². The highest BCUT2D eigenvalue weighted by molar-refractivity contribution is 14.0. The van der Waals surface area contributed by atoms with Crippen LogP contribution in [-0.2, 0) is 6.54 Å². The lowest BCUT2D eigenvalue weighted by Gasteiger charge is -2.24. The van der Waals surface area contributed by atoms with Crippen LogP contribution < -0.4 is 15.5 Å². The van der Waals surface area contributed by atoms with Crippen LogP contribution in [0, 0.1) is 0 Å². The molecule has 0 aliphatic heterocycles. The van der Waals surface area contributed by atoms with E-state index in [1.54, 1.807) is 18.4 Å². The van der Waals surface area contributed by atoms with Crippen molar-refractivity contribution >= 4 is 46.4 Å². The molecule has 1 aromatic heterocycles. The van der Waals surface area contributed by atoms with Crippen LogP contribution in [0.25, 0.3) is 0 Å². The van der Waals surface area contributed by atoms with Crippen molar-refractivity contribution < 1.29 is 0 Å². The molecule has 2 rings (SSSR count). The van der Waals surface area contributed by atoms with Gasteiger partial charge in [-0.25, -0.2) is 4.98 Å². The summed E-state index contributed by atoms with van der Waals surface area (Å²) >= 11 is 1.65. The fourth-order valence-corrected chi connectivity index (χ4v) is 3.10. The summed E-state index contributed by atoms with van der Waals surface area (Å²) in [5, 5.41) is 9.90. The van der Waals surface area contributed by atoms with Crippen LogP contribution in [-0.4, -0.2) is 38.1 Å².